The van der Waals surface area contributed by atoms with Gasteiger partial charge >= 0.3 is 0 Å². The summed E-state index contributed by atoms with van der Waals surface area (Å²) in [5, 5.41) is 7.83. The molecule has 4 rings (SSSR count). The molecule has 162 valence electrons. The Morgan fingerprint density at radius 1 is 1.16 bits per heavy atom. The Balaban J connectivity index is 1.42. The van der Waals surface area contributed by atoms with Gasteiger partial charge in [0.15, 0.2) is 0 Å². The van der Waals surface area contributed by atoms with E-state index in [0.29, 0.717) is 24.8 Å². The molecule has 6 heteroatoms. The Bertz CT molecular complexity index is 977. The average molecular weight is 419 g/mol. The lowest BCUT2D eigenvalue weighted by molar-refractivity contribution is 0.0950. The van der Waals surface area contributed by atoms with Crippen molar-refractivity contribution in [2.75, 3.05) is 6.61 Å². The standard InChI is InChI=1S/C25H30N4O2/c1-2-3-16-31-22-13-11-19(12-14-22)25(30)27-18-20-17-24(23-10-6-7-15-26-23)29(28-20)21-8-4-5-9-21/h6-7,10-15,17,21H,2-5,8-9,16,18H2,1H3,(H,27,30). The van der Waals surface area contributed by atoms with Crippen LogP contribution in [0.3, 0.4) is 0 Å². The predicted molar refractivity (Wildman–Crippen MR) is 121 cm³/mol. The zero-order valence-corrected chi connectivity index (χ0v) is 18.1. The second-order valence-corrected chi connectivity index (χ2v) is 8.03. The molecule has 1 aliphatic rings. The van der Waals surface area contributed by atoms with Crippen molar-refractivity contribution in [1.82, 2.24) is 20.1 Å². The van der Waals surface area contributed by atoms with Gasteiger partial charge in [-0.2, -0.15) is 5.10 Å². The molecule has 1 aromatic carbocycles. The molecule has 31 heavy (non-hydrogen) atoms. The van der Waals surface area contributed by atoms with E-state index in [2.05, 4.69) is 21.9 Å². The number of unbranched alkanes of at least 4 members (excludes halogenated alkanes) is 1. The van der Waals surface area contributed by atoms with Gasteiger partial charge in [-0.05, 0) is 61.7 Å². The van der Waals surface area contributed by atoms with Crippen molar-refractivity contribution in [3.05, 3.63) is 66.0 Å². The smallest absolute Gasteiger partial charge is 0.251 e. The molecule has 0 saturated heterocycles. The van der Waals surface area contributed by atoms with E-state index in [1.54, 1.807) is 18.3 Å². The zero-order valence-electron chi connectivity index (χ0n) is 18.1. The minimum Gasteiger partial charge on any atom is -0.494 e. The first-order valence-corrected chi connectivity index (χ1v) is 11.3. The number of hydrogen-bond acceptors (Lipinski definition) is 4. The van der Waals surface area contributed by atoms with Gasteiger partial charge in [-0.3, -0.25) is 14.5 Å². The summed E-state index contributed by atoms with van der Waals surface area (Å²) < 4.78 is 7.78. The summed E-state index contributed by atoms with van der Waals surface area (Å²) in [5.41, 5.74) is 3.40. The number of aromatic nitrogens is 3. The minimum atomic E-state index is -0.116. The van der Waals surface area contributed by atoms with E-state index in [0.717, 1.165) is 48.5 Å². The molecular formula is C25H30N4O2. The molecule has 2 heterocycles. The number of amides is 1. The molecule has 1 N–H and O–H groups in total. The lowest BCUT2D eigenvalue weighted by Gasteiger charge is -2.13. The second-order valence-electron chi connectivity index (χ2n) is 8.03. The summed E-state index contributed by atoms with van der Waals surface area (Å²) in [6.07, 6.45) is 8.67. The first-order valence-electron chi connectivity index (χ1n) is 11.3. The van der Waals surface area contributed by atoms with Gasteiger partial charge < -0.3 is 10.1 Å². The molecule has 1 aliphatic carbocycles. The number of hydrogen-bond donors (Lipinski definition) is 1. The van der Waals surface area contributed by atoms with Gasteiger partial charge in [-0.25, -0.2) is 0 Å². The monoisotopic (exact) mass is 418 g/mol. The van der Waals surface area contributed by atoms with Crippen molar-refractivity contribution in [1.29, 1.82) is 0 Å². The van der Waals surface area contributed by atoms with Gasteiger partial charge in [0.25, 0.3) is 5.91 Å². The summed E-state index contributed by atoms with van der Waals surface area (Å²) in [7, 11) is 0. The molecule has 0 unspecified atom stereocenters. The van der Waals surface area contributed by atoms with E-state index >= 15 is 0 Å². The first kappa shape index (κ1) is 21.1. The fourth-order valence-corrected chi connectivity index (χ4v) is 3.97. The van der Waals surface area contributed by atoms with Gasteiger partial charge in [0.1, 0.15) is 5.75 Å². The molecule has 3 aromatic rings. The summed E-state index contributed by atoms with van der Waals surface area (Å²) >= 11 is 0. The van der Waals surface area contributed by atoms with Gasteiger partial charge in [-0.15, -0.1) is 0 Å². The molecule has 1 saturated carbocycles. The second kappa shape index (κ2) is 10.2. The molecule has 2 aromatic heterocycles. The van der Waals surface area contributed by atoms with Crippen molar-refractivity contribution in [2.24, 2.45) is 0 Å². The SMILES string of the molecule is CCCCOc1ccc(C(=O)NCc2cc(-c3ccccn3)n(C3CCCC3)n2)cc1. The van der Waals surface area contributed by atoms with Crippen LogP contribution in [0, 0.1) is 0 Å². The third kappa shape index (κ3) is 5.32. The van der Waals surface area contributed by atoms with Crippen LogP contribution in [0.1, 0.15) is 67.5 Å². The van der Waals surface area contributed by atoms with Crippen LogP contribution in [0.15, 0.2) is 54.7 Å². The molecule has 0 spiro atoms. The summed E-state index contributed by atoms with van der Waals surface area (Å²) in [4.78, 5) is 17.1. The van der Waals surface area contributed by atoms with E-state index in [9.17, 15) is 4.79 Å². The Labute approximate surface area is 183 Å². The molecule has 0 radical (unpaired) electrons. The molecule has 0 bridgehead atoms. The molecule has 1 fully saturated rings. The fourth-order valence-electron chi connectivity index (χ4n) is 3.97. The molecule has 6 nitrogen and oxygen atoms in total. The van der Waals surface area contributed by atoms with E-state index < -0.39 is 0 Å². The highest BCUT2D eigenvalue weighted by Crippen LogP contribution is 2.33. The topological polar surface area (TPSA) is 69.0 Å². The van der Waals surface area contributed by atoms with Crippen molar-refractivity contribution >= 4 is 5.91 Å². The summed E-state index contributed by atoms with van der Waals surface area (Å²) in [6.45, 7) is 3.21. The van der Waals surface area contributed by atoms with E-state index in [-0.39, 0.29) is 5.91 Å². The van der Waals surface area contributed by atoms with Crippen LogP contribution in [0.5, 0.6) is 5.75 Å². The van der Waals surface area contributed by atoms with E-state index in [1.807, 2.05) is 36.4 Å². The highest BCUT2D eigenvalue weighted by atomic mass is 16.5. The quantitative estimate of drug-likeness (QED) is 0.487. The van der Waals surface area contributed by atoms with Crippen molar-refractivity contribution in [2.45, 2.75) is 58.0 Å². The Morgan fingerprint density at radius 2 is 1.97 bits per heavy atom. The highest BCUT2D eigenvalue weighted by Gasteiger charge is 2.22. The Morgan fingerprint density at radius 3 is 2.68 bits per heavy atom. The third-order valence-electron chi connectivity index (χ3n) is 5.70. The van der Waals surface area contributed by atoms with Gasteiger partial charge in [0.2, 0.25) is 0 Å². The fraction of sp³-hybridized carbons (Fsp3) is 0.400. The lowest BCUT2D eigenvalue weighted by Crippen LogP contribution is -2.23. The van der Waals surface area contributed by atoms with Crippen LogP contribution in [0.25, 0.3) is 11.4 Å². The van der Waals surface area contributed by atoms with Gasteiger partial charge in [-0.1, -0.05) is 32.3 Å². The predicted octanol–water partition coefficient (Wildman–Crippen LogP) is 5.17. The Kier molecular flexibility index (Phi) is 6.97. The van der Waals surface area contributed by atoms with Gasteiger partial charge in [0.05, 0.1) is 36.3 Å². The molecule has 0 atom stereocenters. The van der Waals surface area contributed by atoms with Crippen LogP contribution in [-0.4, -0.2) is 27.3 Å². The maximum atomic E-state index is 12.6. The van der Waals surface area contributed by atoms with Crippen LogP contribution < -0.4 is 10.1 Å². The summed E-state index contributed by atoms with van der Waals surface area (Å²) in [6, 6.07) is 15.7. The number of carbonyl (C=O) groups is 1. The van der Waals surface area contributed by atoms with Crippen molar-refractivity contribution < 1.29 is 9.53 Å². The number of ether oxygens (including phenoxy) is 1. The molecule has 0 aliphatic heterocycles. The van der Waals surface area contributed by atoms with Crippen LogP contribution in [-0.2, 0) is 6.54 Å². The molecule has 1 amide bonds. The number of pyridine rings is 1. The number of benzene rings is 1. The number of rotatable bonds is 9. The normalized spacial score (nSPS) is 14.0. The van der Waals surface area contributed by atoms with Crippen LogP contribution in [0.4, 0.5) is 0 Å². The zero-order chi connectivity index (χ0) is 21.5. The van der Waals surface area contributed by atoms with Gasteiger partial charge in [0, 0.05) is 11.8 Å². The Hall–Kier alpha value is -3.15. The first-order chi connectivity index (χ1) is 15.2. The molecular weight excluding hydrogens is 388 g/mol. The van der Waals surface area contributed by atoms with Crippen molar-refractivity contribution in [3.8, 4) is 17.1 Å². The van der Waals surface area contributed by atoms with E-state index in [1.165, 1.54) is 12.8 Å². The number of nitrogens with one attached hydrogen (secondary N) is 1. The van der Waals surface area contributed by atoms with Crippen molar-refractivity contribution in [3.63, 3.8) is 0 Å². The average Bonchev–Trinajstić information content (AvgIpc) is 3.49. The highest BCUT2D eigenvalue weighted by molar-refractivity contribution is 5.94. The number of nitrogens with zero attached hydrogens (tertiary/aromatic N) is 3. The summed E-state index contributed by atoms with van der Waals surface area (Å²) in [5.74, 6) is 0.676. The van der Waals surface area contributed by atoms with Crippen LogP contribution in [0.2, 0.25) is 0 Å². The number of carbonyl (C=O) groups excluding carboxylic acids is 1. The van der Waals surface area contributed by atoms with E-state index in [4.69, 9.17) is 9.84 Å². The maximum absolute atomic E-state index is 12.6. The third-order valence-corrected chi connectivity index (χ3v) is 5.70. The largest absolute Gasteiger partial charge is 0.494 e. The minimum absolute atomic E-state index is 0.116. The maximum Gasteiger partial charge on any atom is 0.251 e. The van der Waals surface area contributed by atoms with Crippen LogP contribution >= 0.6 is 0 Å². The lowest BCUT2D eigenvalue weighted by atomic mass is 10.2.